The van der Waals surface area contributed by atoms with Crippen LogP contribution in [0.4, 0.5) is 5.13 Å². The molecule has 0 aromatic carbocycles. The van der Waals surface area contributed by atoms with Crippen LogP contribution in [-0.4, -0.2) is 30.6 Å². The highest BCUT2D eigenvalue weighted by molar-refractivity contribution is 7.15. The normalized spacial score (nSPS) is 12.5. The molecule has 6 heteroatoms. The van der Waals surface area contributed by atoms with Crippen LogP contribution in [0.1, 0.15) is 11.3 Å². The Balaban J connectivity index is 2.42. The number of hydrogen-bond donors (Lipinski definition) is 2. The summed E-state index contributed by atoms with van der Waals surface area (Å²) in [4.78, 5) is 16.6. The van der Waals surface area contributed by atoms with Gasteiger partial charge in [-0.2, -0.15) is 0 Å². The van der Waals surface area contributed by atoms with E-state index in [9.17, 15) is 4.79 Å². The summed E-state index contributed by atoms with van der Waals surface area (Å²) in [5, 5.41) is 3.31. The van der Waals surface area contributed by atoms with Crippen LogP contribution in [0.2, 0.25) is 0 Å². The van der Waals surface area contributed by atoms with Gasteiger partial charge in [0.15, 0.2) is 5.13 Å². The number of nitrogens with zero attached hydrogens (tertiary/aromatic N) is 1. The molecule has 1 unspecified atom stereocenters. The van der Waals surface area contributed by atoms with E-state index < -0.39 is 0 Å². The third-order valence-corrected chi connectivity index (χ3v) is 2.71. The highest BCUT2D eigenvalue weighted by Gasteiger charge is 2.12. The second-order valence-electron chi connectivity index (χ2n) is 3.12. The standard InChI is InChI=1S/C9H15N3O2S/c1-6-5-11-9(15-6)12-8(13)3-7(4-10)14-2/h5,7H,3-4,10H2,1-2H3,(H,11,12,13). The van der Waals surface area contributed by atoms with E-state index in [1.54, 1.807) is 13.3 Å². The molecule has 0 aliphatic heterocycles. The Morgan fingerprint density at radius 2 is 2.53 bits per heavy atom. The summed E-state index contributed by atoms with van der Waals surface area (Å²) >= 11 is 1.44. The van der Waals surface area contributed by atoms with Crippen molar-refractivity contribution in [2.24, 2.45) is 5.73 Å². The van der Waals surface area contributed by atoms with Gasteiger partial charge in [0.05, 0.1) is 12.5 Å². The first-order valence-corrected chi connectivity index (χ1v) is 5.42. The molecule has 3 N–H and O–H groups in total. The molecule has 0 aliphatic carbocycles. The van der Waals surface area contributed by atoms with Crippen molar-refractivity contribution in [2.75, 3.05) is 19.0 Å². The minimum atomic E-state index is -0.231. The number of aromatic nitrogens is 1. The average molecular weight is 229 g/mol. The van der Waals surface area contributed by atoms with Crippen LogP contribution in [0.25, 0.3) is 0 Å². The first-order valence-electron chi connectivity index (χ1n) is 4.61. The number of anilines is 1. The predicted molar refractivity (Wildman–Crippen MR) is 59.9 cm³/mol. The molecule has 1 atom stereocenters. The summed E-state index contributed by atoms with van der Waals surface area (Å²) in [6, 6.07) is 0. The molecule has 1 aromatic heterocycles. The molecule has 0 spiro atoms. The summed E-state index contributed by atoms with van der Waals surface area (Å²) in [6.07, 6.45) is 1.74. The monoisotopic (exact) mass is 229 g/mol. The predicted octanol–water partition coefficient (Wildman–Crippen LogP) is 0.754. The molecule has 0 saturated heterocycles. The molecule has 1 aromatic rings. The van der Waals surface area contributed by atoms with Crippen LogP contribution >= 0.6 is 11.3 Å². The van der Waals surface area contributed by atoms with E-state index in [2.05, 4.69) is 10.3 Å². The molecule has 84 valence electrons. The van der Waals surface area contributed by atoms with Crippen LogP contribution in [0.5, 0.6) is 0 Å². The quantitative estimate of drug-likeness (QED) is 0.781. The molecule has 5 nitrogen and oxygen atoms in total. The van der Waals surface area contributed by atoms with E-state index in [1.165, 1.54) is 11.3 Å². The molecule has 0 saturated carbocycles. The lowest BCUT2D eigenvalue weighted by Crippen LogP contribution is -2.28. The van der Waals surface area contributed by atoms with Crippen molar-refractivity contribution in [3.63, 3.8) is 0 Å². The van der Waals surface area contributed by atoms with E-state index in [0.29, 0.717) is 11.7 Å². The number of rotatable bonds is 5. The van der Waals surface area contributed by atoms with Crippen LogP contribution in [0.3, 0.4) is 0 Å². The summed E-state index contributed by atoms with van der Waals surface area (Å²) in [7, 11) is 1.54. The molecule has 15 heavy (non-hydrogen) atoms. The Morgan fingerprint density at radius 1 is 1.80 bits per heavy atom. The largest absolute Gasteiger partial charge is 0.380 e. The Morgan fingerprint density at radius 3 is 3.00 bits per heavy atom. The van der Waals surface area contributed by atoms with Gasteiger partial charge in [0.25, 0.3) is 0 Å². The molecule has 0 aliphatic rings. The number of nitrogens with one attached hydrogen (secondary N) is 1. The Labute approximate surface area is 92.6 Å². The van der Waals surface area contributed by atoms with Crippen molar-refractivity contribution >= 4 is 22.4 Å². The maximum absolute atomic E-state index is 11.5. The second kappa shape index (κ2) is 5.79. The van der Waals surface area contributed by atoms with Gasteiger partial charge in [-0.1, -0.05) is 0 Å². The number of carbonyl (C=O) groups is 1. The van der Waals surface area contributed by atoms with Crippen LogP contribution in [0.15, 0.2) is 6.20 Å². The number of methoxy groups -OCH3 is 1. The van der Waals surface area contributed by atoms with Crippen LogP contribution in [-0.2, 0) is 9.53 Å². The zero-order valence-electron chi connectivity index (χ0n) is 8.82. The molecular formula is C9H15N3O2S. The first-order chi connectivity index (χ1) is 7.15. The van der Waals surface area contributed by atoms with Gasteiger partial charge in [0.1, 0.15) is 0 Å². The SMILES string of the molecule is COC(CN)CC(=O)Nc1ncc(C)s1. The van der Waals surface area contributed by atoms with E-state index >= 15 is 0 Å². The molecule has 0 radical (unpaired) electrons. The van der Waals surface area contributed by atoms with Gasteiger partial charge in [-0.15, -0.1) is 11.3 Å². The number of amides is 1. The van der Waals surface area contributed by atoms with Crippen molar-refractivity contribution < 1.29 is 9.53 Å². The zero-order valence-corrected chi connectivity index (χ0v) is 9.63. The van der Waals surface area contributed by atoms with Gasteiger partial charge < -0.3 is 15.8 Å². The average Bonchev–Trinajstić information content (AvgIpc) is 2.60. The van der Waals surface area contributed by atoms with Gasteiger partial charge in [-0.25, -0.2) is 4.98 Å². The Kier molecular flexibility index (Phi) is 4.67. The third kappa shape index (κ3) is 3.94. The maximum Gasteiger partial charge on any atom is 0.228 e. The van der Waals surface area contributed by atoms with Crippen molar-refractivity contribution in [1.82, 2.24) is 4.98 Å². The van der Waals surface area contributed by atoms with Crippen molar-refractivity contribution in [1.29, 1.82) is 0 Å². The van der Waals surface area contributed by atoms with E-state index in [4.69, 9.17) is 10.5 Å². The van der Waals surface area contributed by atoms with Gasteiger partial charge >= 0.3 is 0 Å². The lowest BCUT2D eigenvalue weighted by Gasteiger charge is -2.11. The fraction of sp³-hybridized carbons (Fsp3) is 0.556. The van der Waals surface area contributed by atoms with Gasteiger partial charge in [-0.05, 0) is 6.92 Å². The number of ether oxygens (including phenoxy) is 1. The number of hydrogen-bond acceptors (Lipinski definition) is 5. The highest BCUT2D eigenvalue weighted by Crippen LogP contribution is 2.16. The second-order valence-corrected chi connectivity index (χ2v) is 4.36. The number of carbonyl (C=O) groups excluding carboxylic acids is 1. The Bertz CT molecular complexity index is 323. The lowest BCUT2D eigenvalue weighted by atomic mass is 10.2. The molecule has 1 heterocycles. The fourth-order valence-corrected chi connectivity index (χ4v) is 1.73. The van der Waals surface area contributed by atoms with Gasteiger partial charge in [0.2, 0.25) is 5.91 Å². The van der Waals surface area contributed by atoms with Crippen molar-refractivity contribution in [3.8, 4) is 0 Å². The van der Waals surface area contributed by atoms with E-state index in [0.717, 1.165) is 4.88 Å². The lowest BCUT2D eigenvalue weighted by molar-refractivity contribution is -0.118. The Hall–Kier alpha value is -0.980. The topological polar surface area (TPSA) is 77.2 Å². The van der Waals surface area contributed by atoms with Crippen molar-refractivity contribution in [3.05, 3.63) is 11.1 Å². The number of aryl methyl sites for hydroxylation is 1. The summed E-state index contributed by atoms with van der Waals surface area (Å²) in [6.45, 7) is 2.27. The molecule has 1 rings (SSSR count). The zero-order chi connectivity index (χ0) is 11.3. The van der Waals surface area contributed by atoms with E-state index in [-0.39, 0.29) is 18.4 Å². The number of thiazole rings is 1. The summed E-state index contributed by atoms with van der Waals surface area (Å²) < 4.78 is 5.01. The fourth-order valence-electron chi connectivity index (χ4n) is 1.05. The van der Waals surface area contributed by atoms with Crippen LogP contribution in [0, 0.1) is 6.92 Å². The molecule has 1 amide bonds. The van der Waals surface area contributed by atoms with Gasteiger partial charge in [0, 0.05) is 24.7 Å². The summed E-state index contributed by atoms with van der Waals surface area (Å²) in [5.74, 6) is -0.123. The molecule has 0 fully saturated rings. The highest BCUT2D eigenvalue weighted by atomic mass is 32.1. The van der Waals surface area contributed by atoms with Crippen molar-refractivity contribution in [2.45, 2.75) is 19.4 Å². The van der Waals surface area contributed by atoms with E-state index in [1.807, 2.05) is 6.92 Å². The minimum Gasteiger partial charge on any atom is -0.380 e. The maximum atomic E-state index is 11.5. The third-order valence-electron chi connectivity index (χ3n) is 1.88. The smallest absolute Gasteiger partial charge is 0.228 e. The molecular weight excluding hydrogens is 214 g/mol. The molecule has 0 bridgehead atoms. The first kappa shape index (κ1) is 12.1. The summed E-state index contributed by atoms with van der Waals surface area (Å²) in [5.41, 5.74) is 5.41. The number of nitrogens with two attached hydrogens (primary N) is 1. The van der Waals surface area contributed by atoms with Gasteiger partial charge in [-0.3, -0.25) is 4.79 Å². The van der Waals surface area contributed by atoms with Crippen LogP contribution < -0.4 is 11.1 Å². The minimum absolute atomic E-state index is 0.123.